The Morgan fingerprint density at radius 2 is 1.79 bits per heavy atom. The Morgan fingerprint density at radius 1 is 1.14 bits per heavy atom. The smallest absolute Gasteiger partial charge is 0.253 e. The van der Waals surface area contributed by atoms with Gasteiger partial charge < -0.3 is 15.5 Å². The van der Waals surface area contributed by atoms with E-state index in [1.165, 1.54) is 12.8 Å². The fourth-order valence-corrected chi connectivity index (χ4v) is 3.76. The van der Waals surface area contributed by atoms with Gasteiger partial charge in [-0.2, -0.15) is 0 Å². The second-order valence-corrected chi connectivity index (χ2v) is 8.53. The van der Waals surface area contributed by atoms with Crippen LogP contribution in [-0.2, 0) is 4.79 Å². The van der Waals surface area contributed by atoms with Gasteiger partial charge in [-0.25, -0.2) is 0 Å². The van der Waals surface area contributed by atoms with Gasteiger partial charge in [0, 0.05) is 19.1 Å². The van der Waals surface area contributed by atoms with E-state index >= 15 is 0 Å². The first-order chi connectivity index (χ1) is 13.0. The monoisotopic (exact) mass is 427 g/mol. The topological polar surface area (TPSA) is 61.4 Å². The molecule has 2 amide bonds. The summed E-state index contributed by atoms with van der Waals surface area (Å²) in [5.74, 6) is 0.587. The number of hydrogen-bond acceptors (Lipinski definition) is 3. The van der Waals surface area contributed by atoms with Crippen molar-refractivity contribution in [2.24, 2.45) is 11.8 Å². The van der Waals surface area contributed by atoms with Crippen LogP contribution in [0.15, 0.2) is 24.3 Å². The number of carbonyl (C=O) groups is 2. The molecule has 0 aromatic heterocycles. The molecule has 2 aliphatic rings. The highest BCUT2D eigenvalue weighted by Gasteiger charge is 2.32. The van der Waals surface area contributed by atoms with Gasteiger partial charge in [-0.05, 0) is 56.2 Å². The van der Waals surface area contributed by atoms with Crippen LogP contribution >= 0.6 is 24.0 Å². The van der Waals surface area contributed by atoms with Crippen LogP contribution in [0, 0.1) is 11.8 Å². The van der Waals surface area contributed by atoms with E-state index in [-0.39, 0.29) is 30.1 Å². The van der Waals surface area contributed by atoms with E-state index in [0.717, 1.165) is 38.4 Å². The van der Waals surface area contributed by atoms with Crippen LogP contribution in [0.5, 0.6) is 0 Å². The molecule has 1 saturated carbocycles. The minimum absolute atomic E-state index is 0. The summed E-state index contributed by atoms with van der Waals surface area (Å²) in [6, 6.07) is 6.88. The molecule has 0 spiro atoms. The third-order valence-corrected chi connectivity index (χ3v) is 5.87. The third kappa shape index (κ3) is 6.10. The number of carbonyl (C=O) groups excluding carboxylic acids is 2. The lowest BCUT2D eigenvalue weighted by atomic mass is 9.99. The third-order valence-electron chi connectivity index (χ3n) is 5.54. The molecule has 28 heavy (non-hydrogen) atoms. The number of likely N-dealkylation sites (tertiary alicyclic amines) is 1. The van der Waals surface area contributed by atoms with Gasteiger partial charge in [0.25, 0.3) is 5.91 Å². The first-order valence-corrected chi connectivity index (χ1v) is 10.4. The van der Waals surface area contributed by atoms with Gasteiger partial charge in [0.05, 0.1) is 10.6 Å². The lowest BCUT2D eigenvalue weighted by Crippen LogP contribution is -2.54. The second kappa shape index (κ2) is 10.5. The van der Waals surface area contributed by atoms with Gasteiger partial charge in [-0.15, -0.1) is 12.4 Å². The number of nitrogens with one attached hydrogen (secondary N) is 2. The van der Waals surface area contributed by atoms with E-state index in [0.29, 0.717) is 16.6 Å². The van der Waals surface area contributed by atoms with Crippen LogP contribution < -0.4 is 10.6 Å². The quantitative estimate of drug-likeness (QED) is 0.699. The molecule has 1 aliphatic heterocycles. The predicted octanol–water partition coefficient (Wildman–Crippen LogP) is 3.51. The van der Waals surface area contributed by atoms with Gasteiger partial charge in [0.1, 0.15) is 6.04 Å². The summed E-state index contributed by atoms with van der Waals surface area (Å²) in [6.45, 7) is 6.51. The van der Waals surface area contributed by atoms with E-state index in [1.807, 2.05) is 18.7 Å². The summed E-state index contributed by atoms with van der Waals surface area (Å²) >= 11 is 6.12. The minimum Gasteiger partial charge on any atom is -0.341 e. The normalized spacial score (nSPS) is 18.5. The van der Waals surface area contributed by atoms with Crippen LogP contribution in [0.2, 0.25) is 5.02 Å². The van der Waals surface area contributed by atoms with Gasteiger partial charge in [0.2, 0.25) is 5.91 Å². The molecule has 5 nitrogen and oxygen atoms in total. The van der Waals surface area contributed by atoms with Crippen molar-refractivity contribution in [2.75, 3.05) is 19.6 Å². The molecule has 1 heterocycles. The highest BCUT2D eigenvalue weighted by molar-refractivity contribution is 6.33. The zero-order valence-electron chi connectivity index (χ0n) is 16.6. The summed E-state index contributed by atoms with van der Waals surface area (Å²) in [7, 11) is 0. The average Bonchev–Trinajstić information content (AvgIpc) is 3.49. The number of hydrogen-bond donors (Lipinski definition) is 2. The van der Waals surface area contributed by atoms with Crippen molar-refractivity contribution in [2.45, 2.75) is 51.6 Å². The molecule has 156 valence electrons. The van der Waals surface area contributed by atoms with Crippen molar-refractivity contribution in [3.8, 4) is 0 Å². The van der Waals surface area contributed by atoms with Crippen LogP contribution in [0.3, 0.4) is 0 Å². The van der Waals surface area contributed by atoms with Crippen LogP contribution in [0.4, 0.5) is 0 Å². The number of benzene rings is 1. The first-order valence-electron chi connectivity index (χ1n) is 10.0. The fraction of sp³-hybridized carbons (Fsp3) is 0.619. The maximum Gasteiger partial charge on any atom is 0.253 e. The van der Waals surface area contributed by atoms with Gasteiger partial charge >= 0.3 is 0 Å². The van der Waals surface area contributed by atoms with Crippen molar-refractivity contribution in [1.29, 1.82) is 0 Å². The van der Waals surface area contributed by atoms with Crippen LogP contribution in [0.25, 0.3) is 0 Å². The molecule has 0 radical (unpaired) electrons. The summed E-state index contributed by atoms with van der Waals surface area (Å²) in [5, 5.41) is 6.93. The van der Waals surface area contributed by atoms with Gasteiger partial charge in [-0.3, -0.25) is 9.59 Å². The highest BCUT2D eigenvalue weighted by atomic mass is 35.5. The standard InChI is InChI=1S/C21H30ClN3O2.ClH/c1-14(2)19(24-20(26)17-5-3-4-6-18(17)22)21(27)25-11-9-16(10-12-25)23-13-15-7-8-15;/h3-6,14-16,19,23H,7-13H2,1-2H3,(H,24,26);1H. The Labute approximate surface area is 179 Å². The molecule has 1 aliphatic carbocycles. The number of amides is 2. The van der Waals surface area contributed by atoms with Crippen LogP contribution in [0.1, 0.15) is 49.9 Å². The van der Waals surface area contributed by atoms with Crippen LogP contribution in [-0.4, -0.2) is 48.4 Å². The summed E-state index contributed by atoms with van der Waals surface area (Å²) in [4.78, 5) is 27.5. The number of rotatable bonds is 7. The van der Waals surface area contributed by atoms with E-state index in [2.05, 4.69) is 10.6 Å². The zero-order valence-corrected chi connectivity index (χ0v) is 18.2. The number of nitrogens with zero attached hydrogens (tertiary/aromatic N) is 1. The Balaban J connectivity index is 0.00000280. The summed E-state index contributed by atoms with van der Waals surface area (Å²) in [5.41, 5.74) is 0.403. The van der Waals surface area contributed by atoms with Crippen molar-refractivity contribution < 1.29 is 9.59 Å². The zero-order chi connectivity index (χ0) is 19.4. The molecule has 0 bridgehead atoms. The van der Waals surface area contributed by atoms with E-state index < -0.39 is 6.04 Å². The molecule has 3 rings (SSSR count). The molecule has 2 N–H and O–H groups in total. The molecule has 7 heteroatoms. The first kappa shape index (κ1) is 23.0. The molecular formula is C21H31Cl2N3O2. The maximum atomic E-state index is 13.0. The number of halogens is 2. The summed E-state index contributed by atoms with van der Waals surface area (Å²) < 4.78 is 0. The fourth-order valence-electron chi connectivity index (χ4n) is 3.53. The summed E-state index contributed by atoms with van der Waals surface area (Å²) in [6.07, 6.45) is 4.65. The Morgan fingerprint density at radius 3 is 2.36 bits per heavy atom. The molecule has 1 atom stereocenters. The predicted molar refractivity (Wildman–Crippen MR) is 115 cm³/mol. The average molecular weight is 428 g/mol. The Kier molecular flexibility index (Phi) is 8.59. The van der Waals surface area contributed by atoms with Gasteiger partial charge in [0.15, 0.2) is 0 Å². The molecule has 1 aromatic carbocycles. The van der Waals surface area contributed by atoms with Crippen molar-refractivity contribution in [1.82, 2.24) is 15.5 Å². The number of piperidine rings is 1. The second-order valence-electron chi connectivity index (χ2n) is 8.13. The lowest BCUT2D eigenvalue weighted by molar-refractivity contribution is -0.135. The van der Waals surface area contributed by atoms with E-state index in [1.54, 1.807) is 24.3 Å². The van der Waals surface area contributed by atoms with E-state index in [4.69, 9.17) is 11.6 Å². The highest BCUT2D eigenvalue weighted by Crippen LogP contribution is 2.28. The molecule has 1 saturated heterocycles. The van der Waals surface area contributed by atoms with E-state index in [9.17, 15) is 9.59 Å². The Hall–Kier alpha value is -1.30. The SMILES string of the molecule is CC(C)C(NC(=O)c1ccccc1Cl)C(=O)N1CCC(NCC2CC2)CC1.Cl. The molecule has 2 fully saturated rings. The minimum atomic E-state index is -0.537. The Bertz CT molecular complexity index is 671. The molecule has 1 unspecified atom stereocenters. The molecule has 1 aromatic rings. The maximum absolute atomic E-state index is 13.0. The van der Waals surface area contributed by atoms with Crippen molar-refractivity contribution in [3.05, 3.63) is 34.9 Å². The lowest BCUT2D eigenvalue weighted by Gasteiger charge is -2.35. The van der Waals surface area contributed by atoms with Gasteiger partial charge in [-0.1, -0.05) is 37.6 Å². The van der Waals surface area contributed by atoms with Crippen molar-refractivity contribution >= 4 is 35.8 Å². The molecular weight excluding hydrogens is 397 g/mol. The van der Waals surface area contributed by atoms with Crippen molar-refractivity contribution in [3.63, 3.8) is 0 Å². The largest absolute Gasteiger partial charge is 0.341 e.